The lowest BCUT2D eigenvalue weighted by atomic mass is 10.1. The number of hydrogen-bond donors (Lipinski definition) is 2. The number of nitrogens with one attached hydrogen (secondary N) is 1. The fourth-order valence-electron chi connectivity index (χ4n) is 3.30. The molecule has 4 aromatic rings. The number of thiophene rings is 1. The van der Waals surface area contributed by atoms with Crippen LogP contribution in [-0.2, 0) is 13.1 Å². The molecule has 0 atom stereocenters. The standard InChI is InChI=1S/C21H20FN5O2S/c1-13-6-16(7-15-2-5-19(28)25-20(13)15)18-4-3-17(30-18)11-26-12-24-27(21(26)29)10-14(8-22)9-23/h2-8,12H,9-11,23H2,1H3,(H,25,28)/b14-8+. The van der Waals surface area contributed by atoms with Crippen molar-refractivity contribution in [2.45, 2.75) is 20.0 Å². The molecule has 4 rings (SSSR count). The number of fused-ring (bicyclic) bond motifs is 1. The number of H-pyrrole nitrogens is 1. The van der Waals surface area contributed by atoms with Gasteiger partial charge in [-0.1, -0.05) is 0 Å². The molecule has 154 valence electrons. The highest BCUT2D eigenvalue weighted by molar-refractivity contribution is 7.15. The lowest BCUT2D eigenvalue weighted by Gasteiger charge is -2.05. The van der Waals surface area contributed by atoms with Gasteiger partial charge in [-0.3, -0.25) is 9.36 Å². The Bertz CT molecular complexity index is 1360. The van der Waals surface area contributed by atoms with Crippen molar-refractivity contribution < 1.29 is 4.39 Å². The van der Waals surface area contributed by atoms with Gasteiger partial charge in [0.2, 0.25) is 5.56 Å². The fraction of sp³-hybridized carbons (Fsp3) is 0.190. The summed E-state index contributed by atoms with van der Waals surface area (Å²) in [6.07, 6.45) is 1.86. The number of aryl methyl sites for hydroxylation is 1. The van der Waals surface area contributed by atoms with E-state index in [1.807, 2.05) is 37.3 Å². The van der Waals surface area contributed by atoms with E-state index < -0.39 is 0 Å². The summed E-state index contributed by atoms with van der Waals surface area (Å²) in [7, 11) is 0. The molecule has 0 unspecified atom stereocenters. The summed E-state index contributed by atoms with van der Waals surface area (Å²) in [5.74, 6) is 0. The number of aromatic nitrogens is 4. The van der Waals surface area contributed by atoms with E-state index in [9.17, 15) is 14.0 Å². The quantitative estimate of drug-likeness (QED) is 0.496. The van der Waals surface area contributed by atoms with Crippen LogP contribution in [-0.4, -0.2) is 25.9 Å². The minimum absolute atomic E-state index is 0.0309. The summed E-state index contributed by atoms with van der Waals surface area (Å²) < 4.78 is 15.4. The minimum atomic E-state index is -0.316. The third-order valence-electron chi connectivity index (χ3n) is 4.87. The Labute approximate surface area is 174 Å². The van der Waals surface area contributed by atoms with Crippen molar-refractivity contribution >= 4 is 22.2 Å². The fourth-order valence-corrected chi connectivity index (χ4v) is 4.29. The molecule has 3 N–H and O–H groups in total. The van der Waals surface area contributed by atoms with Crippen LogP contribution in [0.25, 0.3) is 21.3 Å². The molecule has 0 aliphatic heterocycles. The van der Waals surface area contributed by atoms with Crippen molar-refractivity contribution in [2.75, 3.05) is 6.54 Å². The largest absolute Gasteiger partial charge is 0.346 e. The second kappa shape index (κ2) is 8.21. The molecule has 30 heavy (non-hydrogen) atoms. The molecule has 0 aliphatic carbocycles. The summed E-state index contributed by atoms with van der Waals surface area (Å²) in [5.41, 5.74) is 8.18. The molecule has 0 fully saturated rings. The first-order valence-electron chi connectivity index (χ1n) is 9.31. The van der Waals surface area contributed by atoms with Crippen LogP contribution >= 0.6 is 11.3 Å². The Hall–Kier alpha value is -3.30. The van der Waals surface area contributed by atoms with Gasteiger partial charge < -0.3 is 10.7 Å². The predicted octanol–water partition coefficient (Wildman–Crippen LogP) is 2.78. The van der Waals surface area contributed by atoms with Gasteiger partial charge in [0.15, 0.2) is 0 Å². The number of benzene rings is 1. The number of nitrogens with two attached hydrogens (primary N) is 1. The Morgan fingerprint density at radius 2 is 2.10 bits per heavy atom. The highest BCUT2D eigenvalue weighted by Gasteiger charge is 2.11. The van der Waals surface area contributed by atoms with Crippen LogP contribution in [0.4, 0.5) is 4.39 Å². The van der Waals surface area contributed by atoms with Gasteiger partial charge in [-0.05, 0) is 59.3 Å². The second-order valence-corrected chi connectivity index (χ2v) is 8.18. The maximum atomic E-state index is 12.7. The van der Waals surface area contributed by atoms with Crippen molar-refractivity contribution in [3.63, 3.8) is 0 Å². The Balaban J connectivity index is 1.59. The van der Waals surface area contributed by atoms with Gasteiger partial charge in [-0.25, -0.2) is 13.9 Å². The van der Waals surface area contributed by atoms with E-state index in [0.29, 0.717) is 18.4 Å². The molecule has 3 heterocycles. The van der Waals surface area contributed by atoms with E-state index in [4.69, 9.17) is 5.73 Å². The average molecular weight is 425 g/mol. The van der Waals surface area contributed by atoms with Gasteiger partial charge in [0, 0.05) is 22.4 Å². The molecule has 7 nitrogen and oxygen atoms in total. The van der Waals surface area contributed by atoms with Crippen LogP contribution in [0.1, 0.15) is 10.4 Å². The van der Waals surface area contributed by atoms with E-state index in [1.165, 1.54) is 21.6 Å². The number of halogens is 1. The minimum Gasteiger partial charge on any atom is -0.327 e. The molecular formula is C21H20FN5O2S. The van der Waals surface area contributed by atoms with E-state index >= 15 is 0 Å². The number of aromatic amines is 1. The third-order valence-corrected chi connectivity index (χ3v) is 5.99. The molecule has 0 amide bonds. The van der Waals surface area contributed by atoms with Crippen LogP contribution in [0.15, 0.2) is 64.2 Å². The second-order valence-electron chi connectivity index (χ2n) is 7.02. The smallest absolute Gasteiger partial charge is 0.327 e. The zero-order valence-electron chi connectivity index (χ0n) is 16.3. The van der Waals surface area contributed by atoms with Crippen LogP contribution < -0.4 is 17.0 Å². The zero-order chi connectivity index (χ0) is 21.3. The first-order chi connectivity index (χ1) is 14.5. The summed E-state index contributed by atoms with van der Waals surface area (Å²) in [4.78, 5) is 29.0. The summed E-state index contributed by atoms with van der Waals surface area (Å²) >= 11 is 1.58. The molecule has 0 spiro atoms. The lowest BCUT2D eigenvalue weighted by Crippen LogP contribution is -2.26. The SMILES string of the molecule is Cc1cc(-c2ccc(Cn3cnn(C/C(=C/F)CN)c3=O)s2)cc2ccc(=O)[nH]c12. The topological polar surface area (TPSA) is 98.7 Å². The maximum Gasteiger partial charge on any atom is 0.346 e. The normalized spacial score (nSPS) is 12.0. The average Bonchev–Trinajstić information content (AvgIpc) is 3.34. The van der Waals surface area contributed by atoms with Gasteiger partial charge >= 0.3 is 5.69 Å². The molecular weight excluding hydrogens is 405 g/mol. The van der Waals surface area contributed by atoms with Gasteiger partial charge in [0.05, 0.1) is 24.9 Å². The van der Waals surface area contributed by atoms with E-state index in [2.05, 4.69) is 10.1 Å². The zero-order valence-corrected chi connectivity index (χ0v) is 17.1. The molecule has 0 radical (unpaired) electrons. The van der Waals surface area contributed by atoms with Gasteiger partial charge in [-0.2, -0.15) is 5.10 Å². The van der Waals surface area contributed by atoms with Gasteiger partial charge in [-0.15, -0.1) is 11.3 Å². The molecule has 3 aromatic heterocycles. The third kappa shape index (κ3) is 3.89. The molecule has 0 saturated carbocycles. The lowest BCUT2D eigenvalue weighted by molar-refractivity contribution is 0.604. The number of rotatable bonds is 6. The Kier molecular flexibility index (Phi) is 5.47. The monoisotopic (exact) mass is 425 g/mol. The molecule has 0 aliphatic rings. The Morgan fingerprint density at radius 1 is 1.27 bits per heavy atom. The first-order valence-corrected chi connectivity index (χ1v) is 10.1. The highest BCUT2D eigenvalue weighted by atomic mass is 32.1. The predicted molar refractivity (Wildman–Crippen MR) is 116 cm³/mol. The molecule has 1 aromatic carbocycles. The Morgan fingerprint density at radius 3 is 2.87 bits per heavy atom. The molecule has 0 bridgehead atoms. The van der Waals surface area contributed by atoms with Crippen molar-refractivity contribution in [3.8, 4) is 10.4 Å². The number of nitrogens with zero attached hydrogens (tertiary/aromatic N) is 3. The highest BCUT2D eigenvalue weighted by Crippen LogP contribution is 2.31. The summed E-state index contributed by atoms with van der Waals surface area (Å²) in [5, 5.41) is 5.01. The van der Waals surface area contributed by atoms with Crippen LogP contribution in [0.5, 0.6) is 0 Å². The van der Waals surface area contributed by atoms with Crippen LogP contribution in [0, 0.1) is 6.92 Å². The van der Waals surface area contributed by atoms with E-state index in [0.717, 1.165) is 31.8 Å². The van der Waals surface area contributed by atoms with Crippen LogP contribution in [0.2, 0.25) is 0 Å². The molecule has 9 heteroatoms. The van der Waals surface area contributed by atoms with Gasteiger partial charge in [0.25, 0.3) is 0 Å². The number of pyridine rings is 1. The van der Waals surface area contributed by atoms with Crippen molar-refractivity contribution in [1.82, 2.24) is 19.3 Å². The van der Waals surface area contributed by atoms with E-state index in [-0.39, 0.29) is 24.3 Å². The van der Waals surface area contributed by atoms with Crippen LogP contribution in [0.3, 0.4) is 0 Å². The van der Waals surface area contributed by atoms with Crippen molar-refractivity contribution in [2.24, 2.45) is 5.73 Å². The van der Waals surface area contributed by atoms with Crippen molar-refractivity contribution in [1.29, 1.82) is 0 Å². The number of hydrogen-bond acceptors (Lipinski definition) is 5. The first kappa shape index (κ1) is 20.0. The summed E-state index contributed by atoms with van der Waals surface area (Å²) in [6, 6.07) is 11.4. The summed E-state index contributed by atoms with van der Waals surface area (Å²) in [6.45, 7) is 2.41. The van der Waals surface area contributed by atoms with E-state index in [1.54, 1.807) is 11.3 Å². The van der Waals surface area contributed by atoms with Crippen molar-refractivity contribution in [3.05, 3.63) is 85.9 Å². The molecule has 0 saturated heterocycles. The maximum absolute atomic E-state index is 12.7. The van der Waals surface area contributed by atoms with Gasteiger partial charge in [0.1, 0.15) is 6.33 Å².